The topological polar surface area (TPSA) is 64.6 Å². The first-order valence-electron chi connectivity index (χ1n) is 42.5. The van der Waals surface area contributed by atoms with E-state index in [1.807, 2.05) is 0 Å². The first kappa shape index (κ1) is 95.3. The SMILES string of the molecule is CC(C)(C)c1ccc(OP(Oc2ccc(C(C)(C)C)cc2C(C)(C)C)c2ccc(-c3ccc(P(Oc4ccc(C(C)(C)C)cc4C(C)(C)C)Oc4ccc(C(C)(C)C)cc4C(C)(C)C)cc3)cc2)c(C(C)(C)C)c1.Cc1ccc(OP(Oc2ccc(C(C)(C)C)cc2C(C)(C)C)Oc2ccc(C(C)(C)C)cc2C(C)(C)C)c(C(C)(C)C)c1. The van der Waals surface area contributed by atoms with Crippen LogP contribution in [0.1, 0.15) is 348 Å². The maximum absolute atomic E-state index is 7.20. The largest absolute Gasteiger partial charge is 0.530 e. The molecule has 0 heterocycles. The maximum atomic E-state index is 7.20. The molecule has 0 aliphatic rings. The smallest absolute Gasteiger partial charge is 0.435 e. The van der Waals surface area contributed by atoms with E-state index in [1.165, 1.54) is 38.9 Å². The van der Waals surface area contributed by atoms with E-state index in [0.29, 0.717) is 0 Å². The summed E-state index contributed by atoms with van der Waals surface area (Å²) in [7, 11) is -5.12. The molecular weight excluding hydrogens is 1490 g/mol. The van der Waals surface area contributed by atoms with E-state index in [4.69, 9.17) is 31.7 Å². The van der Waals surface area contributed by atoms with Crippen molar-refractivity contribution in [3.8, 4) is 51.4 Å². The summed E-state index contributed by atoms with van der Waals surface area (Å²) in [6.07, 6.45) is 0. The molecule has 0 spiro atoms. The summed E-state index contributed by atoms with van der Waals surface area (Å²) in [6.45, 7) is 89.9. The quantitative estimate of drug-likeness (QED) is 0.0842. The van der Waals surface area contributed by atoms with Crippen LogP contribution in [0.15, 0.2) is 176 Å². The van der Waals surface area contributed by atoms with Gasteiger partial charge in [0.1, 0.15) is 40.2 Å². The summed E-state index contributed by atoms with van der Waals surface area (Å²) in [6, 6.07) is 63.7. The summed E-state index contributed by atoms with van der Waals surface area (Å²) in [5.41, 5.74) is 18.1. The molecule has 0 fully saturated rings. The summed E-state index contributed by atoms with van der Waals surface area (Å²) in [4.78, 5) is 0. The Morgan fingerprint density at radius 1 is 0.171 bits per heavy atom. The molecule has 0 radical (unpaired) electrons. The number of aryl methyl sites for hydroxylation is 1. The highest BCUT2D eigenvalue weighted by molar-refractivity contribution is 7.57. The molecule has 10 heteroatoms. The van der Waals surface area contributed by atoms with Gasteiger partial charge in [0.05, 0.1) is 10.6 Å². The Morgan fingerprint density at radius 3 is 0.504 bits per heavy atom. The highest BCUT2D eigenvalue weighted by Crippen LogP contribution is 2.54. The van der Waals surface area contributed by atoms with E-state index < -0.39 is 25.4 Å². The Labute approximate surface area is 715 Å². The second kappa shape index (κ2) is 34.8. The van der Waals surface area contributed by atoms with Gasteiger partial charge in [-0.15, -0.1) is 0 Å². The molecule has 9 aromatic carbocycles. The maximum Gasteiger partial charge on any atom is 0.530 e. The number of rotatable bonds is 17. The van der Waals surface area contributed by atoms with Crippen molar-refractivity contribution in [3.63, 3.8) is 0 Å². The number of hydrogen-bond acceptors (Lipinski definition) is 7. The Bertz CT molecular complexity index is 4460. The third kappa shape index (κ3) is 25.3. The third-order valence-corrected chi connectivity index (χ3v) is 25.5. The molecule has 634 valence electrons. The lowest BCUT2D eigenvalue weighted by molar-refractivity contribution is 0.372. The van der Waals surface area contributed by atoms with Gasteiger partial charge in [-0.2, -0.15) is 0 Å². The van der Waals surface area contributed by atoms with Gasteiger partial charge in [-0.3, -0.25) is 0 Å². The Hall–Kier alpha value is -7.13. The van der Waals surface area contributed by atoms with E-state index in [2.05, 4.69) is 453 Å². The molecule has 0 atom stereocenters. The van der Waals surface area contributed by atoms with Crippen LogP contribution in [0.2, 0.25) is 0 Å². The van der Waals surface area contributed by atoms with Gasteiger partial charge in [0.2, 0.25) is 0 Å². The molecular formula is C107H149O7P3. The van der Waals surface area contributed by atoms with Gasteiger partial charge >= 0.3 is 25.4 Å². The lowest BCUT2D eigenvalue weighted by Crippen LogP contribution is -2.20. The van der Waals surface area contributed by atoms with Crippen molar-refractivity contribution >= 4 is 36.0 Å². The van der Waals surface area contributed by atoms with Gasteiger partial charge in [-0.25, -0.2) is 0 Å². The van der Waals surface area contributed by atoms with Crippen molar-refractivity contribution in [2.24, 2.45) is 0 Å². The minimum atomic E-state index is -1.86. The fourth-order valence-corrected chi connectivity index (χ4v) is 17.4. The Balaban J connectivity index is 0.000000337. The minimum absolute atomic E-state index is 0.00545. The van der Waals surface area contributed by atoms with Crippen molar-refractivity contribution in [2.75, 3.05) is 0 Å². The molecule has 0 aliphatic carbocycles. The van der Waals surface area contributed by atoms with Crippen LogP contribution in [0, 0.1) is 6.92 Å². The van der Waals surface area contributed by atoms with Crippen LogP contribution in [-0.2, 0) is 70.4 Å². The highest BCUT2D eigenvalue weighted by atomic mass is 31.2. The van der Waals surface area contributed by atoms with E-state index >= 15 is 0 Å². The second-order valence-electron chi connectivity index (χ2n) is 46.0. The monoisotopic (exact) mass is 1640 g/mol. The molecule has 0 bridgehead atoms. The van der Waals surface area contributed by atoms with E-state index in [-0.39, 0.29) is 70.4 Å². The summed E-state index contributed by atoms with van der Waals surface area (Å²) < 4.78 is 49.3. The van der Waals surface area contributed by atoms with Crippen LogP contribution < -0.4 is 42.3 Å². The van der Waals surface area contributed by atoms with Crippen molar-refractivity contribution in [1.29, 1.82) is 0 Å². The molecule has 0 aromatic heterocycles. The predicted molar refractivity (Wildman–Crippen MR) is 509 cm³/mol. The van der Waals surface area contributed by atoms with Crippen LogP contribution in [0.5, 0.6) is 40.2 Å². The molecule has 7 nitrogen and oxygen atoms in total. The van der Waals surface area contributed by atoms with E-state index in [9.17, 15) is 0 Å². The fourth-order valence-electron chi connectivity index (χ4n) is 13.7. The lowest BCUT2D eigenvalue weighted by atomic mass is 9.80. The molecule has 0 N–H and O–H groups in total. The van der Waals surface area contributed by atoms with Crippen LogP contribution >= 0.6 is 25.4 Å². The first-order valence-corrected chi connectivity index (χ1v) is 45.9. The van der Waals surface area contributed by atoms with Crippen LogP contribution in [0.3, 0.4) is 0 Å². The molecule has 0 saturated carbocycles. The molecule has 0 aliphatic heterocycles. The fraction of sp³-hybridized carbons (Fsp3) is 0.495. The molecule has 0 unspecified atom stereocenters. The van der Waals surface area contributed by atoms with Gasteiger partial charge < -0.3 is 31.7 Å². The summed E-state index contributed by atoms with van der Waals surface area (Å²) in [5.74, 6) is 5.76. The van der Waals surface area contributed by atoms with Gasteiger partial charge in [0, 0.05) is 38.9 Å². The van der Waals surface area contributed by atoms with E-state index in [1.54, 1.807) is 0 Å². The average molecular weight is 1640 g/mol. The zero-order valence-electron chi connectivity index (χ0n) is 79.9. The molecule has 9 rings (SSSR count). The Morgan fingerprint density at radius 2 is 0.333 bits per heavy atom. The lowest BCUT2D eigenvalue weighted by Gasteiger charge is -2.31. The van der Waals surface area contributed by atoms with Crippen molar-refractivity contribution < 1.29 is 31.7 Å². The first-order chi connectivity index (χ1) is 53.1. The van der Waals surface area contributed by atoms with Crippen molar-refractivity contribution in [1.82, 2.24) is 0 Å². The van der Waals surface area contributed by atoms with Crippen LogP contribution in [-0.4, -0.2) is 0 Å². The molecule has 117 heavy (non-hydrogen) atoms. The van der Waals surface area contributed by atoms with Gasteiger partial charge in [-0.05, 0) is 189 Å². The number of hydrogen-bond donors (Lipinski definition) is 0. The Kier molecular flexibility index (Phi) is 28.3. The zero-order valence-corrected chi connectivity index (χ0v) is 82.6. The third-order valence-electron chi connectivity index (χ3n) is 21.6. The second-order valence-corrected chi connectivity index (χ2v) is 49.8. The van der Waals surface area contributed by atoms with Crippen LogP contribution in [0.4, 0.5) is 0 Å². The normalized spacial score (nSPS) is 13.4. The molecule has 0 saturated heterocycles. The van der Waals surface area contributed by atoms with E-state index in [0.717, 1.165) is 101 Å². The summed E-state index contributed by atoms with van der Waals surface area (Å²) >= 11 is 0. The van der Waals surface area contributed by atoms with Crippen molar-refractivity contribution in [2.45, 2.75) is 347 Å². The average Bonchev–Trinajstić information content (AvgIpc) is 0.788. The molecule has 9 aromatic rings. The zero-order chi connectivity index (χ0) is 88.1. The van der Waals surface area contributed by atoms with Gasteiger partial charge in [-0.1, -0.05) is 385 Å². The highest BCUT2D eigenvalue weighted by Gasteiger charge is 2.37. The summed E-state index contributed by atoms with van der Waals surface area (Å²) in [5, 5.41) is 1.98. The number of benzene rings is 9. The van der Waals surface area contributed by atoms with Gasteiger partial charge in [0.25, 0.3) is 0 Å². The predicted octanol–water partition coefficient (Wildman–Crippen LogP) is 32.2. The standard InChI is InChI=1S/C68H92O4P2.C39H57O3P/c1-61(2,3)47-29-37-57(53(41-47)65(13,14)15)69-73(70-58-38-30-48(62(4,5)6)42-54(58)66(16,17)18)51-33-25-45(26-34-51)46-27-35-52(36-28-46)74(71-59-39-31-49(63(7,8)9)43-55(59)67(19,20)21)72-60-40-32-50(64(10,11)12)44-56(60)68(22,23)24;1-26-17-20-32(29(23-26)37(8,9)10)40-43(41-33-21-18-27(35(2,3)4)24-30(33)38(11,12)13)42-34-22-19-28(36(5,6)7)25-31(34)39(14,15)16/h25-44H,1-24H3;17-25H,1-16H3. The minimum Gasteiger partial charge on any atom is -0.435 e. The van der Waals surface area contributed by atoms with Crippen molar-refractivity contribution in [3.05, 3.63) is 254 Å². The van der Waals surface area contributed by atoms with Crippen LogP contribution in [0.25, 0.3) is 11.1 Å². The molecule has 0 amide bonds. The van der Waals surface area contributed by atoms with Gasteiger partial charge in [0.15, 0.2) is 0 Å².